The number of amides is 1. The molecule has 94 valence electrons. The van der Waals surface area contributed by atoms with Crippen LogP contribution in [0, 0.1) is 5.92 Å². The van der Waals surface area contributed by atoms with Gasteiger partial charge in [-0.15, -0.1) is 0 Å². The van der Waals surface area contributed by atoms with Crippen molar-refractivity contribution in [1.82, 2.24) is 5.32 Å². The van der Waals surface area contributed by atoms with Gasteiger partial charge in [0.1, 0.15) is 11.7 Å². The molecule has 0 unspecified atom stereocenters. The van der Waals surface area contributed by atoms with Gasteiger partial charge in [0.15, 0.2) is 0 Å². The molecule has 5 heteroatoms. The first-order chi connectivity index (χ1) is 8.66. The maximum Gasteiger partial charge on any atom is 0.316 e. The Hall–Kier alpha value is -2.04. The first-order valence-electron chi connectivity index (χ1n) is 5.93. The van der Waals surface area contributed by atoms with Crippen molar-refractivity contribution >= 4 is 11.9 Å². The Bertz CT molecular complexity index is 526. The number of carboxylic acid groups (broad SMARTS) is 1. The van der Waals surface area contributed by atoms with E-state index in [-0.39, 0.29) is 5.92 Å². The van der Waals surface area contributed by atoms with E-state index in [1.54, 1.807) is 0 Å². The molecule has 1 fully saturated rings. The highest BCUT2D eigenvalue weighted by Gasteiger charge is 2.41. The third-order valence-electron chi connectivity index (χ3n) is 3.59. The van der Waals surface area contributed by atoms with Gasteiger partial charge < -0.3 is 15.2 Å². The van der Waals surface area contributed by atoms with Crippen LogP contribution < -0.4 is 10.1 Å². The summed E-state index contributed by atoms with van der Waals surface area (Å²) in [6.45, 7) is 1.05. The summed E-state index contributed by atoms with van der Waals surface area (Å²) in [6.07, 6.45) is 0.842. The van der Waals surface area contributed by atoms with E-state index in [0.717, 1.165) is 23.3 Å². The second kappa shape index (κ2) is 4.01. The molecular formula is C13H13NO4. The zero-order chi connectivity index (χ0) is 12.7. The summed E-state index contributed by atoms with van der Waals surface area (Å²) in [5, 5.41) is 11.7. The van der Waals surface area contributed by atoms with E-state index >= 15 is 0 Å². The summed E-state index contributed by atoms with van der Waals surface area (Å²) < 4.78 is 5.41. The lowest BCUT2D eigenvalue weighted by molar-refractivity contribution is -0.145. The zero-order valence-corrected chi connectivity index (χ0v) is 9.68. The van der Waals surface area contributed by atoms with Crippen LogP contribution in [-0.2, 0) is 16.0 Å². The van der Waals surface area contributed by atoms with Crippen LogP contribution in [0.4, 0.5) is 0 Å². The van der Waals surface area contributed by atoms with Crippen molar-refractivity contribution in [3.8, 4) is 5.75 Å². The van der Waals surface area contributed by atoms with Crippen molar-refractivity contribution in [3.05, 3.63) is 29.3 Å². The maximum atomic E-state index is 11.5. The maximum absolute atomic E-state index is 11.5. The van der Waals surface area contributed by atoms with Gasteiger partial charge in [-0.25, -0.2) is 0 Å². The van der Waals surface area contributed by atoms with E-state index in [9.17, 15) is 9.59 Å². The van der Waals surface area contributed by atoms with Crippen LogP contribution >= 0.6 is 0 Å². The van der Waals surface area contributed by atoms with E-state index in [1.165, 1.54) is 0 Å². The normalized spacial score (nSPS) is 25.4. The predicted molar refractivity (Wildman–Crippen MR) is 62.5 cm³/mol. The number of ether oxygens (including phenoxy) is 1. The van der Waals surface area contributed by atoms with Gasteiger partial charge in [0.05, 0.1) is 6.61 Å². The number of fused-ring (bicyclic) bond motifs is 1. The van der Waals surface area contributed by atoms with E-state index in [4.69, 9.17) is 9.84 Å². The lowest BCUT2D eigenvalue weighted by Gasteiger charge is -2.14. The smallest absolute Gasteiger partial charge is 0.316 e. The van der Waals surface area contributed by atoms with Gasteiger partial charge in [-0.05, 0) is 17.2 Å². The van der Waals surface area contributed by atoms with Crippen molar-refractivity contribution < 1.29 is 19.4 Å². The molecule has 2 N–H and O–H groups in total. The fourth-order valence-electron chi connectivity index (χ4n) is 2.65. The van der Waals surface area contributed by atoms with E-state index in [2.05, 4.69) is 5.32 Å². The second-order valence-electron chi connectivity index (χ2n) is 4.63. The van der Waals surface area contributed by atoms with E-state index in [0.29, 0.717) is 13.2 Å². The number of carbonyl (C=O) groups is 2. The highest BCUT2D eigenvalue weighted by molar-refractivity contribution is 5.99. The summed E-state index contributed by atoms with van der Waals surface area (Å²) in [7, 11) is 0. The molecule has 18 heavy (non-hydrogen) atoms. The third-order valence-corrected chi connectivity index (χ3v) is 3.59. The number of carbonyl (C=O) groups excluding carboxylic acids is 1. The molecule has 1 amide bonds. The first kappa shape index (κ1) is 11.1. The molecule has 2 atom stereocenters. The van der Waals surface area contributed by atoms with Crippen LogP contribution in [-0.4, -0.2) is 30.1 Å². The standard InChI is InChI=1S/C13H13NO4/c15-12-11(13(16)17)9(6-14-12)7-1-2-10-8(5-7)3-4-18-10/h1-2,5,9,11H,3-4,6H2,(H,14,15)(H,16,17)/t9-,11-/m1/s1. The minimum absolute atomic E-state index is 0.291. The number of nitrogens with one attached hydrogen (secondary N) is 1. The van der Waals surface area contributed by atoms with Crippen molar-refractivity contribution in [2.24, 2.45) is 5.92 Å². The van der Waals surface area contributed by atoms with Gasteiger partial charge in [0.2, 0.25) is 5.91 Å². The highest BCUT2D eigenvalue weighted by Crippen LogP contribution is 2.34. The third kappa shape index (κ3) is 1.63. The molecule has 2 aliphatic heterocycles. The topological polar surface area (TPSA) is 75.6 Å². The van der Waals surface area contributed by atoms with Gasteiger partial charge in [0.25, 0.3) is 0 Å². The molecule has 0 radical (unpaired) electrons. The lowest BCUT2D eigenvalue weighted by atomic mass is 9.87. The molecule has 0 spiro atoms. The van der Waals surface area contributed by atoms with Gasteiger partial charge in [-0.1, -0.05) is 12.1 Å². The monoisotopic (exact) mass is 247 g/mol. The second-order valence-corrected chi connectivity index (χ2v) is 4.63. The van der Waals surface area contributed by atoms with Crippen molar-refractivity contribution in [3.63, 3.8) is 0 Å². The molecule has 1 saturated heterocycles. The number of aliphatic carboxylic acids is 1. The molecule has 1 aromatic rings. The summed E-state index contributed by atoms with van der Waals surface area (Å²) >= 11 is 0. The molecule has 2 heterocycles. The zero-order valence-electron chi connectivity index (χ0n) is 9.68. The predicted octanol–water partition coefficient (Wildman–Crippen LogP) is 0.536. The molecule has 1 aromatic carbocycles. The summed E-state index contributed by atoms with van der Waals surface area (Å²) in [5.74, 6) is -1.87. The Morgan fingerprint density at radius 3 is 3.06 bits per heavy atom. The van der Waals surface area contributed by atoms with Gasteiger partial charge in [0, 0.05) is 18.9 Å². The van der Waals surface area contributed by atoms with Crippen LogP contribution in [0.3, 0.4) is 0 Å². The van der Waals surface area contributed by atoms with Crippen LogP contribution in [0.5, 0.6) is 5.75 Å². The SMILES string of the molecule is O=C(O)[C@H]1C(=O)NC[C@@H]1c1ccc2c(c1)CCO2. The lowest BCUT2D eigenvalue weighted by Crippen LogP contribution is -2.26. The molecule has 3 rings (SSSR count). The molecular weight excluding hydrogens is 234 g/mol. The molecule has 0 saturated carbocycles. The summed E-state index contributed by atoms with van der Waals surface area (Å²) in [6, 6.07) is 5.67. The van der Waals surface area contributed by atoms with Gasteiger partial charge in [-0.2, -0.15) is 0 Å². The fraction of sp³-hybridized carbons (Fsp3) is 0.385. The van der Waals surface area contributed by atoms with Crippen LogP contribution in [0.25, 0.3) is 0 Å². The Balaban J connectivity index is 1.95. The molecule has 2 aliphatic rings. The summed E-state index contributed by atoms with van der Waals surface area (Å²) in [5.41, 5.74) is 1.99. The quantitative estimate of drug-likeness (QED) is 0.748. The molecule has 0 aromatic heterocycles. The Labute approximate surface area is 104 Å². The van der Waals surface area contributed by atoms with Crippen LogP contribution in [0.15, 0.2) is 18.2 Å². The van der Waals surface area contributed by atoms with Gasteiger partial charge >= 0.3 is 5.97 Å². The highest BCUT2D eigenvalue weighted by atomic mass is 16.5. The van der Waals surface area contributed by atoms with E-state index < -0.39 is 17.8 Å². The molecule has 0 aliphatic carbocycles. The van der Waals surface area contributed by atoms with Gasteiger partial charge in [-0.3, -0.25) is 9.59 Å². The molecule has 0 bridgehead atoms. The minimum Gasteiger partial charge on any atom is -0.493 e. The molecule has 5 nitrogen and oxygen atoms in total. The van der Waals surface area contributed by atoms with Crippen LogP contribution in [0.1, 0.15) is 17.0 Å². The average Bonchev–Trinajstić information content (AvgIpc) is 2.93. The van der Waals surface area contributed by atoms with Crippen molar-refractivity contribution in [2.75, 3.05) is 13.2 Å². The number of rotatable bonds is 2. The first-order valence-corrected chi connectivity index (χ1v) is 5.93. The van der Waals surface area contributed by atoms with Crippen LogP contribution in [0.2, 0.25) is 0 Å². The summed E-state index contributed by atoms with van der Waals surface area (Å²) in [4.78, 5) is 22.7. The number of hydrogen-bond acceptors (Lipinski definition) is 3. The van der Waals surface area contributed by atoms with Crippen molar-refractivity contribution in [2.45, 2.75) is 12.3 Å². The Kier molecular flexibility index (Phi) is 2.47. The minimum atomic E-state index is -1.06. The number of benzene rings is 1. The average molecular weight is 247 g/mol. The largest absolute Gasteiger partial charge is 0.493 e. The Morgan fingerprint density at radius 1 is 1.44 bits per heavy atom. The Morgan fingerprint density at radius 2 is 2.28 bits per heavy atom. The van der Waals surface area contributed by atoms with Crippen molar-refractivity contribution in [1.29, 1.82) is 0 Å². The number of hydrogen-bond donors (Lipinski definition) is 2. The number of carboxylic acids is 1. The van der Waals surface area contributed by atoms with E-state index in [1.807, 2.05) is 18.2 Å². The fourth-order valence-corrected chi connectivity index (χ4v) is 2.65.